The first-order valence-corrected chi connectivity index (χ1v) is 12.0. The van der Waals surface area contributed by atoms with E-state index in [0.717, 1.165) is 56.9 Å². The third-order valence-corrected chi connectivity index (χ3v) is 6.99. The molecule has 1 amide bonds. The van der Waals surface area contributed by atoms with Crippen molar-refractivity contribution in [2.75, 3.05) is 46.4 Å². The lowest BCUT2D eigenvalue weighted by atomic mass is 9.73. The highest BCUT2D eigenvalue weighted by atomic mass is 16.5. The van der Waals surface area contributed by atoms with Crippen molar-refractivity contribution in [1.82, 2.24) is 9.80 Å². The minimum Gasteiger partial charge on any atom is -0.492 e. The van der Waals surface area contributed by atoms with Crippen LogP contribution in [0.3, 0.4) is 0 Å². The molecule has 0 aromatic heterocycles. The minimum absolute atomic E-state index is 0.0928. The summed E-state index contributed by atoms with van der Waals surface area (Å²) in [6.45, 7) is 4.47. The number of piperidine rings is 1. The average molecular weight is 437 g/mol. The fourth-order valence-electron chi connectivity index (χ4n) is 5.10. The molecular weight excluding hydrogens is 400 g/mol. The summed E-state index contributed by atoms with van der Waals surface area (Å²) in [6.07, 6.45) is 6.82. The van der Waals surface area contributed by atoms with Gasteiger partial charge in [-0.1, -0.05) is 42.8 Å². The Bertz CT molecular complexity index is 862. The summed E-state index contributed by atoms with van der Waals surface area (Å²) in [6, 6.07) is 18.0. The lowest BCUT2D eigenvalue weighted by Gasteiger charge is -2.44. The molecule has 5 nitrogen and oxygen atoms in total. The van der Waals surface area contributed by atoms with Crippen LogP contribution in [0.25, 0.3) is 0 Å². The Kier molecular flexibility index (Phi) is 7.69. The van der Waals surface area contributed by atoms with Crippen LogP contribution in [0, 0.1) is 5.41 Å². The largest absolute Gasteiger partial charge is 0.492 e. The van der Waals surface area contributed by atoms with Crippen LogP contribution in [0.4, 0.5) is 0 Å². The topological polar surface area (TPSA) is 42.0 Å². The Balaban J connectivity index is 1.32. The van der Waals surface area contributed by atoms with Gasteiger partial charge in [-0.05, 0) is 68.3 Å². The lowest BCUT2D eigenvalue weighted by Crippen LogP contribution is -2.48. The van der Waals surface area contributed by atoms with E-state index in [0.29, 0.717) is 6.61 Å². The second kappa shape index (κ2) is 10.9. The van der Waals surface area contributed by atoms with Crippen molar-refractivity contribution in [3.8, 4) is 11.5 Å². The number of benzene rings is 2. The first kappa shape index (κ1) is 22.7. The standard InChI is InChI=1S/C27H36N2O3/c1-28-19-20-31-25-13-6-5-9-23(25)10-7-8-14-27(22-28)15-17-29(18-16-27)26(30)21-32-24-11-3-2-4-12-24/h2-6,9,11-13H,7-8,10,14-22H2,1H3. The fourth-order valence-corrected chi connectivity index (χ4v) is 5.10. The number of aryl methyl sites for hydroxylation is 1. The summed E-state index contributed by atoms with van der Waals surface area (Å²) in [7, 11) is 2.20. The molecule has 1 fully saturated rings. The van der Waals surface area contributed by atoms with Gasteiger partial charge < -0.3 is 19.3 Å². The molecular formula is C27H36N2O3. The third-order valence-electron chi connectivity index (χ3n) is 6.99. The maximum Gasteiger partial charge on any atom is 0.260 e. The molecule has 0 atom stereocenters. The van der Waals surface area contributed by atoms with Crippen molar-refractivity contribution in [2.45, 2.75) is 38.5 Å². The second-order valence-corrected chi connectivity index (χ2v) is 9.38. The molecule has 2 aromatic carbocycles. The van der Waals surface area contributed by atoms with E-state index >= 15 is 0 Å². The van der Waals surface area contributed by atoms with E-state index in [1.165, 1.54) is 24.8 Å². The summed E-state index contributed by atoms with van der Waals surface area (Å²) in [5, 5.41) is 0. The number of nitrogens with zero attached hydrogens (tertiary/aromatic N) is 2. The molecule has 32 heavy (non-hydrogen) atoms. The molecule has 0 aliphatic carbocycles. The highest BCUT2D eigenvalue weighted by Gasteiger charge is 2.36. The highest BCUT2D eigenvalue weighted by Crippen LogP contribution is 2.38. The van der Waals surface area contributed by atoms with E-state index in [9.17, 15) is 4.79 Å². The smallest absolute Gasteiger partial charge is 0.260 e. The number of likely N-dealkylation sites (N-methyl/N-ethyl adjacent to an activating group) is 1. The van der Waals surface area contributed by atoms with Crippen molar-refractivity contribution >= 4 is 5.91 Å². The minimum atomic E-state index is 0.0928. The first-order valence-electron chi connectivity index (χ1n) is 12.0. The second-order valence-electron chi connectivity index (χ2n) is 9.38. The molecule has 1 saturated heterocycles. The van der Waals surface area contributed by atoms with E-state index in [4.69, 9.17) is 9.47 Å². The predicted octanol–water partition coefficient (Wildman–Crippen LogP) is 4.41. The highest BCUT2D eigenvalue weighted by molar-refractivity contribution is 5.77. The Morgan fingerprint density at radius 3 is 2.53 bits per heavy atom. The molecule has 2 aliphatic rings. The van der Waals surface area contributed by atoms with E-state index in [1.807, 2.05) is 35.2 Å². The molecule has 1 spiro atoms. The number of hydrogen-bond acceptors (Lipinski definition) is 4. The van der Waals surface area contributed by atoms with Gasteiger partial charge in [-0.15, -0.1) is 0 Å². The van der Waals surface area contributed by atoms with Gasteiger partial charge in [0.25, 0.3) is 5.91 Å². The maximum atomic E-state index is 12.7. The van der Waals surface area contributed by atoms with Crippen molar-refractivity contribution < 1.29 is 14.3 Å². The molecule has 5 heteroatoms. The molecule has 4 rings (SSSR count). The van der Waals surface area contributed by atoms with E-state index in [-0.39, 0.29) is 17.9 Å². The lowest BCUT2D eigenvalue weighted by molar-refractivity contribution is -0.136. The first-order chi connectivity index (χ1) is 15.6. The Labute approximate surface area is 192 Å². The number of fused-ring (bicyclic) bond motifs is 1. The van der Waals surface area contributed by atoms with Gasteiger partial charge >= 0.3 is 0 Å². The summed E-state index contributed by atoms with van der Waals surface area (Å²) < 4.78 is 11.8. The van der Waals surface area contributed by atoms with Crippen LogP contribution in [0.5, 0.6) is 11.5 Å². The number of amides is 1. The average Bonchev–Trinajstić information content (AvgIpc) is 2.81. The van der Waals surface area contributed by atoms with Crippen molar-refractivity contribution in [2.24, 2.45) is 5.41 Å². The van der Waals surface area contributed by atoms with Crippen molar-refractivity contribution in [3.05, 3.63) is 60.2 Å². The number of hydrogen-bond donors (Lipinski definition) is 0. The fraction of sp³-hybridized carbons (Fsp3) is 0.519. The van der Waals surface area contributed by atoms with Crippen molar-refractivity contribution in [1.29, 1.82) is 0 Å². The van der Waals surface area contributed by atoms with Gasteiger partial charge in [0.05, 0.1) is 0 Å². The zero-order chi connectivity index (χ0) is 22.2. The molecule has 172 valence electrons. The van der Waals surface area contributed by atoms with Crippen LogP contribution in [0.15, 0.2) is 54.6 Å². The Hall–Kier alpha value is -2.53. The monoisotopic (exact) mass is 436 g/mol. The normalized spacial score (nSPS) is 19.8. The number of carbonyl (C=O) groups excluding carboxylic acids is 1. The Morgan fingerprint density at radius 1 is 0.969 bits per heavy atom. The molecule has 0 saturated carbocycles. The molecule has 2 heterocycles. The number of ether oxygens (including phenoxy) is 2. The molecule has 0 bridgehead atoms. The van der Waals surface area contributed by atoms with Gasteiger partial charge in [0.2, 0.25) is 0 Å². The number of carbonyl (C=O) groups is 1. The van der Waals surface area contributed by atoms with E-state index in [1.54, 1.807) is 0 Å². The van der Waals surface area contributed by atoms with Crippen LogP contribution >= 0.6 is 0 Å². The molecule has 2 aliphatic heterocycles. The number of rotatable bonds is 3. The van der Waals surface area contributed by atoms with Gasteiger partial charge in [-0.25, -0.2) is 0 Å². The van der Waals surface area contributed by atoms with Gasteiger partial charge in [0.1, 0.15) is 18.1 Å². The van der Waals surface area contributed by atoms with Crippen LogP contribution in [-0.2, 0) is 11.2 Å². The quantitative estimate of drug-likeness (QED) is 0.715. The van der Waals surface area contributed by atoms with Gasteiger partial charge in [0.15, 0.2) is 6.61 Å². The number of likely N-dealkylation sites (tertiary alicyclic amines) is 1. The summed E-state index contributed by atoms with van der Waals surface area (Å²) in [4.78, 5) is 17.1. The van der Waals surface area contributed by atoms with Crippen molar-refractivity contribution in [3.63, 3.8) is 0 Å². The SMILES string of the molecule is CN1CCOc2ccccc2CCCCC2(CCN(C(=O)COc3ccccc3)CC2)C1. The summed E-state index contributed by atoms with van der Waals surface area (Å²) in [5.74, 6) is 1.88. The predicted molar refractivity (Wildman–Crippen MR) is 127 cm³/mol. The Morgan fingerprint density at radius 2 is 1.72 bits per heavy atom. The van der Waals surface area contributed by atoms with Crippen LogP contribution < -0.4 is 9.47 Å². The van der Waals surface area contributed by atoms with Gasteiger partial charge in [0, 0.05) is 26.2 Å². The van der Waals surface area contributed by atoms with Gasteiger partial charge in [-0.2, -0.15) is 0 Å². The number of para-hydroxylation sites is 2. The zero-order valence-electron chi connectivity index (χ0n) is 19.3. The third kappa shape index (κ3) is 6.04. The summed E-state index contributed by atoms with van der Waals surface area (Å²) in [5.41, 5.74) is 1.61. The zero-order valence-corrected chi connectivity index (χ0v) is 19.3. The van der Waals surface area contributed by atoms with E-state index in [2.05, 4.69) is 36.2 Å². The summed E-state index contributed by atoms with van der Waals surface area (Å²) >= 11 is 0. The van der Waals surface area contributed by atoms with Crippen LogP contribution in [-0.4, -0.2) is 62.1 Å². The molecule has 2 aromatic rings. The van der Waals surface area contributed by atoms with Crippen LogP contribution in [0.2, 0.25) is 0 Å². The molecule has 0 unspecified atom stereocenters. The van der Waals surface area contributed by atoms with Gasteiger partial charge in [-0.3, -0.25) is 4.79 Å². The maximum absolute atomic E-state index is 12.7. The molecule has 0 N–H and O–H groups in total. The molecule has 0 radical (unpaired) electrons. The van der Waals surface area contributed by atoms with E-state index < -0.39 is 0 Å². The van der Waals surface area contributed by atoms with Crippen LogP contribution in [0.1, 0.15) is 37.7 Å².